The number of ether oxygens (including phenoxy) is 1. The molecule has 0 fully saturated rings. The van der Waals surface area contributed by atoms with E-state index in [0.29, 0.717) is 24.4 Å². The zero-order valence-electron chi connectivity index (χ0n) is 16.8. The molecule has 0 aliphatic carbocycles. The Morgan fingerprint density at radius 1 is 1.07 bits per heavy atom. The van der Waals surface area contributed by atoms with Crippen molar-refractivity contribution >= 4 is 39.0 Å². The topological polar surface area (TPSA) is 76.1 Å². The first-order chi connectivity index (χ1) is 14.7. The molecule has 0 unspecified atom stereocenters. The third kappa shape index (κ3) is 4.11. The Kier molecular flexibility index (Phi) is 5.90. The van der Waals surface area contributed by atoms with Crippen molar-refractivity contribution in [3.63, 3.8) is 0 Å². The summed E-state index contributed by atoms with van der Waals surface area (Å²) in [4.78, 5) is 23.4. The third-order valence-electron chi connectivity index (χ3n) is 4.75. The van der Waals surface area contributed by atoms with E-state index in [1.807, 2.05) is 42.5 Å². The van der Waals surface area contributed by atoms with Gasteiger partial charge in [0.15, 0.2) is 0 Å². The number of carbonyl (C=O) groups is 1. The maximum absolute atomic E-state index is 12.4. The summed E-state index contributed by atoms with van der Waals surface area (Å²) in [6, 6.07) is 17.6. The number of fused-ring (bicyclic) bond motifs is 1. The van der Waals surface area contributed by atoms with Gasteiger partial charge >= 0.3 is 0 Å². The van der Waals surface area contributed by atoms with Crippen molar-refractivity contribution in [1.29, 1.82) is 0 Å². The third-order valence-corrected chi connectivity index (χ3v) is 5.77. The highest BCUT2D eigenvalue weighted by Crippen LogP contribution is 2.40. The second-order valence-electron chi connectivity index (χ2n) is 6.73. The Morgan fingerprint density at radius 2 is 1.83 bits per heavy atom. The number of aromatic nitrogens is 2. The minimum Gasteiger partial charge on any atom is -0.495 e. The molecule has 4 rings (SSSR count). The largest absolute Gasteiger partial charge is 0.495 e. The Labute approximate surface area is 179 Å². The van der Waals surface area contributed by atoms with E-state index in [9.17, 15) is 4.79 Å². The molecule has 0 aliphatic rings. The minimum atomic E-state index is -0.0953. The molecule has 152 valence electrons. The molecule has 0 aliphatic heterocycles. The Morgan fingerprint density at radius 3 is 2.63 bits per heavy atom. The molecule has 0 atom stereocenters. The second-order valence-corrected chi connectivity index (χ2v) is 7.93. The number of methoxy groups -OCH3 is 1. The highest BCUT2D eigenvalue weighted by molar-refractivity contribution is 7.19. The van der Waals surface area contributed by atoms with E-state index >= 15 is 0 Å². The van der Waals surface area contributed by atoms with Gasteiger partial charge in [-0.25, -0.2) is 9.97 Å². The summed E-state index contributed by atoms with van der Waals surface area (Å²) in [5, 5.41) is 7.21. The number of amides is 1. The van der Waals surface area contributed by atoms with Gasteiger partial charge in [0.2, 0.25) is 5.91 Å². The summed E-state index contributed by atoms with van der Waals surface area (Å²) < 4.78 is 5.28. The average Bonchev–Trinajstić information content (AvgIpc) is 3.11. The molecule has 0 saturated heterocycles. The van der Waals surface area contributed by atoms with Crippen molar-refractivity contribution < 1.29 is 9.53 Å². The summed E-state index contributed by atoms with van der Waals surface area (Å²) in [5.74, 6) is 1.29. The molecular weight excluding hydrogens is 396 g/mol. The van der Waals surface area contributed by atoms with Crippen LogP contribution >= 0.6 is 11.3 Å². The van der Waals surface area contributed by atoms with Crippen molar-refractivity contribution in [1.82, 2.24) is 9.97 Å². The van der Waals surface area contributed by atoms with Crippen LogP contribution in [0.2, 0.25) is 0 Å². The number of thiophene rings is 1. The molecule has 2 N–H and O–H groups in total. The van der Waals surface area contributed by atoms with Crippen LogP contribution in [-0.2, 0) is 4.79 Å². The monoisotopic (exact) mass is 418 g/mol. The van der Waals surface area contributed by atoms with Gasteiger partial charge in [0, 0.05) is 23.4 Å². The van der Waals surface area contributed by atoms with E-state index in [2.05, 4.69) is 39.7 Å². The lowest BCUT2D eigenvalue weighted by Crippen LogP contribution is -2.17. The zero-order chi connectivity index (χ0) is 20.9. The van der Waals surface area contributed by atoms with Gasteiger partial charge in [-0.3, -0.25) is 4.79 Å². The van der Waals surface area contributed by atoms with Crippen LogP contribution in [0.15, 0.2) is 60.9 Å². The Balaban J connectivity index is 1.50. The summed E-state index contributed by atoms with van der Waals surface area (Å²) in [6.45, 7) is 2.55. The number of nitrogens with one attached hydrogen (secondary N) is 2. The number of hydrogen-bond acceptors (Lipinski definition) is 6. The van der Waals surface area contributed by atoms with E-state index in [4.69, 9.17) is 4.74 Å². The first kappa shape index (κ1) is 19.8. The lowest BCUT2D eigenvalue weighted by atomic mass is 10.0. The molecule has 1 amide bonds. The lowest BCUT2D eigenvalue weighted by Gasteiger charge is -2.11. The fourth-order valence-electron chi connectivity index (χ4n) is 3.39. The van der Waals surface area contributed by atoms with Gasteiger partial charge in [0.1, 0.15) is 22.7 Å². The quantitative estimate of drug-likeness (QED) is 0.436. The van der Waals surface area contributed by atoms with Gasteiger partial charge in [-0.1, -0.05) is 42.5 Å². The van der Waals surface area contributed by atoms with Gasteiger partial charge in [-0.05, 0) is 24.6 Å². The molecule has 7 heteroatoms. The molecule has 30 heavy (non-hydrogen) atoms. The van der Waals surface area contributed by atoms with E-state index in [0.717, 1.165) is 27.2 Å². The van der Waals surface area contributed by atoms with Crippen LogP contribution in [0, 0.1) is 6.92 Å². The van der Waals surface area contributed by atoms with E-state index < -0.39 is 0 Å². The van der Waals surface area contributed by atoms with Crippen LogP contribution in [0.1, 0.15) is 11.3 Å². The Hall–Kier alpha value is -3.45. The number of aryl methyl sites for hydroxylation is 1. The summed E-state index contributed by atoms with van der Waals surface area (Å²) in [5.41, 5.74) is 2.93. The molecule has 2 heterocycles. The molecule has 0 bridgehead atoms. The molecular formula is C23H22N4O2S. The van der Waals surface area contributed by atoms with E-state index in [-0.39, 0.29) is 5.91 Å². The molecule has 4 aromatic rings. The number of para-hydroxylation sites is 2. The van der Waals surface area contributed by atoms with Gasteiger partial charge in [-0.15, -0.1) is 11.3 Å². The zero-order valence-corrected chi connectivity index (χ0v) is 17.6. The standard InChI is InChI=1S/C23H22N4O2S/c1-15-20(16-8-4-3-5-9-16)21-22(25-14-26-23(21)30-15)24-13-12-19(28)27-17-10-6-7-11-18(17)29-2/h3-11,14H,12-13H2,1-2H3,(H,27,28)(H,24,25,26). The van der Waals surface area contributed by atoms with Crippen LogP contribution in [0.5, 0.6) is 5.75 Å². The van der Waals surface area contributed by atoms with E-state index in [1.54, 1.807) is 24.8 Å². The summed E-state index contributed by atoms with van der Waals surface area (Å²) in [6.07, 6.45) is 1.86. The van der Waals surface area contributed by atoms with Crippen LogP contribution in [-0.4, -0.2) is 29.5 Å². The SMILES string of the molecule is COc1ccccc1NC(=O)CCNc1ncnc2sc(C)c(-c3ccccc3)c12. The second kappa shape index (κ2) is 8.92. The number of carbonyl (C=O) groups excluding carboxylic acids is 1. The molecule has 6 nitrogen and oxygen atoms in total. The van der Waals surface area contributed by atoms with E-state index in [1.165, 1.54) is 4.88 Å². The summed E-state index contributed by atoms with van der Waals surface area (Å²) >= 11 is 1.65. The predicted octanol–water partition coefficient (Wildman–Crippen LogP) is 5.12. The fourth-order valence-corrected chi connectivity index (χ4v) is 4.40. The minimum absolute atomic E-state index is 0.0953. The van der Waals surface area contributed by atoms with Crippen molar-refractivity contribution in [2.75, 3.05) is 24.3 Å². The van der Waals surface area contributed by atoms with Gasteiger partial charge < -0.3 is 15.4 Å². The molecule has 0 radical (unpaired) electrons. The van der Waals surface area contributed by atoms with Gasteiger partial charge in [-0.2, -0.15) is 0 Å². The first-order valence-electron chi connectivity index (χ1n) is 9.63. The van der Waals surface area contributed by atoms with Crippen molar-refractivity contribution in [2.45, 2.75) is 13.3 Å². The first-order valence-corrected chi connectivity index (χ1v) is 10.4. The lowest BCUT2D eigenvalue weighted by molar-refractivity contribution is -0.116. The van der Waals surface area contributed by atoms with Gasteiger partial charge in [0.05, 0.1) is 18.2 Å². The fraction of sp³-hybridized carbons (Fsp3) is 0.174. The van der Waals surface area contributed by atoms with Crippen LogP contribution in [0.4, 0.5) is 11.5 Å². The molecule has 0 spiro atoms. The maximum atomic E-state index is 12.4. The summed E-state index contributed by atoms with van der Waals surface area (Å²) in [7, 11) is 1.58. The van der Waals surface area contributed by atoms with Gasteiger partial charge in [0.25, 0.3) is 0 Å². The van der Waals surface area contributed by atoms with Crippen LogP contribution in [0.25, 0.3) is 21.3 Å². The smallest absolute Gasteiger partial charge is 0.226 e. The number of rotatable bonds is 7. The maximum Gasteiger partial charge on any atom is 0.226 e. The van der Waals surface area contributed by atoms with Crippen molar-refractivity contribution in [3.8, 4) is 16.9 Å². The highest BCUT2D eigenvalue weighted by atomic mass is 32.1. The number of hydrogen-bond donors (Lipinski definition) is 2. The predicted molar refractivity (Wildman–Crippen MR) is 122 cm³/mol. The van der Waals surface area contributed by atoms with Crippen LogP contribution < -0.4 is 15.4 Å². The molecule has 2 aromatic heterocycles. The average molecular weight is 419 g/mol. The molecule has 0 saturated carbocycles. The number of nitrogens with zero attached hydrogens (tertiary/aromatic N) is 2. The molecule has 2 aromatic carbocycles. The van der Waals surface area contributed by atoms with Crippen LogP contribution in [0.3, 0.4) is 0 Å². The highest BCUT2D eigenvalue weighted by Gasteiger charge is 2.16. The van der Waals surface area contributed by atoms with Crippen molar-refractivity contribution in [3.05, 3.63) is 65.8 Å². The Bertz CT molecular complexity index is 1170. The van der Waals surface area contributed by atoms with Crippen molar-refractivity contribution in [2.24, 2.45) is 0 Å². The number of benzene rings is 2. The normalized spacial score (nSPS) is 10.7. The number of anilines is 2.